The summed E-state index contributed by atoms with van der Waals surface area (Å²) in [5, 5.41) is 0. The van der Waals surface area contributed by atoms with Crippen LogP contribution in [0.2, 0.25) is 0 Å². The predicted octanol–water partition coefficient (Wildman–Crippen LogP) is 7.28. The summed E-state index contributed by atoms with van der Waals surface area (Å²) < 4.78 is 37.2. The van der Waals surface area contributed by atoms with Gasteiger partial charge in [0.1, 0.15) is 0 Å². The molecule has 0 amide bonds. The molecular weight excluding hydrogens is 623 g/mol. The third-order valence-electron chi connectivity index (χ3n) is 9.16. The smallest absolute Gasteiger partial charge is 0.305 e. The third kappa shape index (κ3) is 9.63. The molecule has 0 aromatic carbocycles. The first-order valence-electron chi connectivity index (χ1n) is 16.0. The van der Waals surface area contributed by atoms with Gasteiger partial charge in [-0.15, -0.1) is 0 Å². The normalized spacial score (nSPS) is 35.0. The van der Waals surface area contributed by atoms with Gasteiger partial charge in [-0.05, 0) is 77.0 Å². The third-order valence-corrected chi connectivity index (χ3v) is 10.6. The van der Waals surface area contributed by atoms with Crippen molar-refractivity contribution in [2.45, 2.75) is 151 Å². The molecule has 1 aliphatic carbocycles. The van der Waals surface area contributed by atoms with Crippen LogP contribution in [0.4, 0.5) is 0 Å². The molecule has 0 N–H and O–H groups in total. The van der Waals surface area contributed by atoms with Crippen LogP contribution in [0.25, 0.3) is 0 Å². The van der Waals surface area contributed by atoms with Crippen LogP contribution in [-0.2, 0) is 33.2 Å². The fraction of sp³-hybridized carbons (Fsp3) is 0.906. The summed E-state index contributed by atoms with van der Waals surface area (Å²) in [5.74, 6) is 0.546. The Morgan fingerprint density at radius 1 is 1.05 bits per heavy atom. The molecule has 0 radical (unpaired) electrons. The number of carbonyl (C=O) groups is 1. The number of alkyl halides is 1. The minimum absolute atomic E-state index is 0.0908. The second-order valence-electron chi connectivity index (χ2n) is 12.4. The molecule has 0 aromatic heterocycles. The molecule has 230 valence electrons. The molecule has 4 rings (SSSR count). The van der Waals surface area contributed by atoms with Crippen molar-refractivity contribution in [3.8, 4) is 0 Å². The van der Waals surface area contributed by atoms with Crippen molar-refractivity contribution in [2.75, 3.05) is 20.3 Å². The highest BCUT2D eigenvalue weighted by Crippen LogP contribution is 2.48. The van der Waals surface area contributed by atoms with E-state index in [-0.39, 0.29) is 48.4 Å². The quantitative estimate of drug-likeness (QED) is 0.0594. The lowest BCUT2D eigenvalue weighted by Crippen LogP contribution is -2.36. The molecule has 4 fully saturated rings. The second-order valence-corrected chi connectivity index (χ2v) is 14.0. The monoisotopic (exact) mass is 676 g/mol. The molecule has 4 aliphatic rings. The molecule has 40 heavy (non-hydrogen) atoms. The zero-order chi connectivity index (χ0) is 28.4. The average Bonchev–Trinajstić information content (AvgIpc) is 3.51. The van der Waals surface area contributed by atoms with Gasteiger partial charge in [-0.1, -0.05) is 60.9 Å². The lowest BCUT2D eigenvalue weighted by molar-refractivity contribution is -0.208. The molecule has 3 heterocycles. The summed E-state index contributed by atoms with van der Waals surface area (Å²) in [6, 6.07) is 0. The molecule has 0 bridgehead atoms. The molecular formula is C32H53IO7. The summed E-state index contributed by atoms with van der Waals surface area (Å²) in [6.45, 7) is 6.06. The van der Waals surface area contributed by atoms with Crippen LogP contribution in [0.3, 0.4) is 0 Å². The van der Waals surface area contributed by atoms with Crippen LogP contribution in [0.5, 0.6) is 0 Å². The summed E-state index contributed by atoms with van der Waals surface area (Å²) >= 11 is 2.52. The summed E-state index contributed by atoms with van der Waals surface area (Å²) in [4.78, 5) is 11.6. The number of halogens is 1. The van der Waals surface area contributed by atoms with E-state index in [4.69, 9.17) is 28.4 Å². The SMILES string of the molecule is CCCCCC(C)(/C=C/[C@@H]1[C@H]2CC(C(I)CCCC(=O)OC)O[C@@H]2C[C@H]1OC1CCCCO1)OC1CCCCO1. The van der Waals surface area contributed by atoms with E-state index in [2.05, 4.69) is 48.6 Å². The Morgan fingerprint density at radius 2 is 1.80 bits per heavy atom. The van der Waals surface area contributed by atoms with Gasteiger partial charge in [0, 0.05) is 35.9 Å². The largest absolute Gasteiger partial charge is 0.469 e. The van der Waals surface area contributed by atoms with Gasteiger partial charge in [0.25, 0.3) is 0 Å². The Labute approximate surface area is 255 Å². The number of unbranched alkanes of at least 4 members (excludes halogenated alkanes) is 2. The van der Waals surface area contributed by atoms with Crippen molar-refractivity contribution >= 4 is 28.6 Å². The first-order valence-corrected chi connectivity index (χ1v) is 17.3. The van der Waals surface area contributed by atoms with Gasteiger partial charge in [-0.25, -0.2) is 0 Å². The standard InChI is InChI=1S/C32H53IO7/c1-4-5-8-17-32(2,40-31-15-7-10-20-37-31)18-16-23-24-21-28(25(33)12-11-13-29(34)35-3)38-27(24)22-26(23)39-30-14-6-9-19-36-30/h16,18,23-28,30-31H,4-15,17,19-22H2,1-3H3/b18-16+/t23-,24-,25?,26-,27-,28?,30?,31?,32?/m1/s1. The van der Waals surface area contributed by atoms with Gasteiger partial charge in [0.2, 0.25) is 0 Å². The molecule has 9 atom stereocenters. The van der Waals surface area contributed by atoms with Crippen LogP contribution in [0.1, 0.15) is 110 Å². The molecule has 1 saturated carbocycles. The van der Waals surface area contributed by atoms with Gasteiger partial charge < -0.3 is 28.4 Å². The highest BCUT2D eigenvalue weighted by Gasteiger charge is 2.51. The van der Waals surface area contributed by atoms with Gasteiger partial charge in [-0.3, -0.25) is 4.79 Å². The predicted molar refractivity (Wildman–Crippen MR) is 163 cm³/mol. The first kappa shape index (κ1) is 32.6. The van der Waals surface area contributed by atoms with E-state index in [9.17, 15) is 4.79 Å². The highest BCUT2D eigenvalue weighted by molar-refractivity contribution is 14.1. The number of methoxy groups -OCH3 is 1. The average molecular weight is 677 g/mol. The first-order chi connectivity index (χ1) is 19.4. The van der Waals surface area contributed by atoms with E-state index in [0.717, 1.165) is 83.8 Å². The molecule has 5 unspecified atom stereocenters. The Bertz CT molecular complexity index is 781. The zero-order valence-electron chi connectivity index (χ0n) is 25.0. The Balaban J connectivity index is 1.44. The highest BCUT2D eigenvalue weighted by atomic mass is 127. The van der Waals surface area contributed by atoms with E-state index in [0.29, 0.717) is 16.3 Å². The number of esters is 1. The summed E-state index contributed by atoms with van der Waals surface area (Å²) in [6.07, 6.45) is 20.2. The van der Waals surface area contributed by atoms with Crippen LogP contribution in [0.15, 0.2) is 12.2 Å². The molecule has 7 nitrogen and oxygen atoms in total. The molecule has 0 spiro atoms. The van der Waals surface area contributed by atoms with E-state index < -0.39 is 0 Å². The number of rotatable bonds is 15. The lowest BCUT2D eigenvalue weighted by Gasteiger charge is -2.34. The Kier molecular flexibility index (Phi) is 13.5. The Hall–Kier alpha value is -0.260. The van der Waals surface area contributed by atoms with Crippen molar-refractivity contribution in [2.24, 2.45) is 11.8 Å². The maximum atomic E-state index is 11.6. The maximum absolute atomic E-state index is 11.6. The van der Waals surface area contributed by atoms with Crippen LogP contribution in [0, 0.1) is 11.8 Å². The van der Waals surface area contributed by atoms with E-state index in [1.807, 2.05) is 0 Å². The van der Waals surface area contributed by atoms with Crippen LogP contribution in [-0.4, -0.2) is 66.7 Å². The topological polar surface area (TPSA) is 72.5 Å². The number of carbonyl (C=O) groups excluding carboxylic acids is 1. The molecule has 0 aromatic rings. The van der Waals surface area contributed by atoms with Gasteiger partial charge in [0.15, 0.2) is 12.6 Å². The minimum Gasteiger partial charge on any atom is -0.469 e. The lowest BCUT2D eigenvalue weighted by atomic mass is 9.87. The number of hydrogen-bond acceptors (Lipinski definition) is 7. The van der Waals surface area contributed by atoms with Gasteiger partial charge in [-0.2, -0.15) is 0 Å². The number of ether oxygens (including phenoxy) is 6. The molecule has 3 aliphatic heterocycles. The van der Waals surface area contributed by atoms with Crippen molar-refractivity contribution in [1.82, 2.24) is 0 Å². The van der Waals surface area contributed by atoms with E-state index in [1.165, 1.54) is 26.4 Å². The fourth-order valence-corrected chi connectivity index (χ4v) is 7.72. The van der Waals surface area contributed by atoms with Crippen LogP contribution >= 0.6 is 22.6 Å². The van der Waals surface area contributed by atoms with Crippen molar-refractivity contribution < 1.29 is 33.2 Å². The van der Waals surface area contributed by atoms with Gasteiger partial charge in [0.05, 0.1) is 31.0 Å². The van der Waals surface area contributed by atoms with Crippen molar-refractivity contribution in [1.29, 1.82) is 0 Å². The Morgan fingerprint density at radius 3 is 2.48 bits per heavy atom. The summed E-state index contributed by atoms with van der Waals surface area (Å²) in [7, 11) is 1.46. The molecule has 3 saturated heterocycles. The van der Waals surface area contributed by atoms with Crippen LogP contribution < -0.4 is 0 Å². The van der Waals surface area contributed by atoms with Crippen molar-refractivity contribution in [3.05, 3.63) is 12.2 Å². The fourth-order valence-electron chi connectivity index (χ4n) is 6.81. The minimum atomic E-state index is -0.361. The number of fused-ring (bicyclic) bond motifs is 1. The van der Waals surface area contributed by atoms with E-state index in [1.54, 1.807) is 0 Å². The number of hydrogen-bond donors (Lipinski definition) is 0. The molecule has 8 heteroatoms. The summed E-state index contributed by atoms with van der Waals surface area (Å²) in [5.41, 5.74) is -0.361. The van der Waals surface area contributed by atoms with E-state index >= 15 is 0 Å². The zero-order valence-corrected chi connectivity index (χ0v) is 27.2. The van der Waals surface area contributed by atoms with Crippen molar-refractivity contribution in [3.63, 3.8) is 0 Å². The maximum Gasteiger partial charge on any atom is 0.305 e. The second kappa shape index (κ2) is 16.6. The van der Waals surface area contributed by atoms with Gasteiger partial charge >= 0.3 is 5.97 Å².